The van der Waals surface area contributed by atoms with Crippen LogP contribution in [0.25, 0.3) is 0 Å². The molecular weight excluding hydrogens is 348 g/mol. The summed E-state index contributed by atoms with van der Waals surface area (Å²) in [5, 5.41) is 6.33. The van der Waals surface area contributed by atoms with E-state index in [2.05, 4.69) is 54.0 Å². The Morgan fingerprint density at radius 2 is 1.54 bits per heavy atom. The molecule has 0 spiro atoms. The topological polar surface area (TPSA) is 50.4 Å². The summed E-state index contributed by atoms with van der Waals surface area (Å²) in [6.07, 6.45) is 0. The van der Waals surface area contributed by atoms with Crippen molar-refractivity contribution in [1.29, 1.82) is 0 Å². The van der Waals surface area contributed by atoms with E-state index in [1.807, 2.05) is 43.3 Å². The summed E-state index contributed by atoms with van der Waals surface area (Å²) in [6.45, 7) is 4.23. The molecule has 3 aromatic rings. The van der Waals surface area contributed by atoms with Crippen LogP contribution in [-0.2, 0) is 4.79 Å². The van der Waals surface area contributed by atoms with E-state index in [4.69, 9.17) is 4.74 Å². The molecule has 0 fully saturated rings. The standard InChI is InChI=1S/C24H26N2O2/c1-17-9-12-20(13-10-17)24(19-7-5-4-6-8-19)25-16-23(27)26-21-15-18(2)11-14-22(21)28-3/h4-15,24-25H,16H2,1-3H3,(H,26,27)/t24-/m0/s1. The van der Waals surface area contributed by atoms with Gasteiger partial charge < -0.3 is 10.1 Å². The van der Waals surface area contributed by atoms with E-state index in [0.717, 1.165) is 16.7 Å². The molecular formula is C24H26N2O2. The van der Waals surface area contributed by atoms with Gasteiger partial charge in [0, 0.05) is 0 Å². The summed E-state index contributed by atoms with van der Waals surface area (Å²) < 4.78 is 5.34. The predicted molar refractivity (Wildman–Crippen MR) is 114 cm³/mol. The van der Waals surface area contributed by atoms with Crippen molar-refractivity contribution in [3.05, 3.63) is 95.1 Å². The van der Waals surface area contributed by atoms with Crippen molar-refractivity contribution in [2.75, 3.05) is 19.0 Å². The summed E-state index contributed by atoms with van der Waals surface area (Å²) in [5.41, 5.74) is 5.19. The van der Waals surface area contributed by atoms with E-state index in [0.29, 0.717) is 11.4 Å². The van der Waals surface area contributed by atoms with Crippen LogP contribution < -0.4 is 15.4 Å². The largest absolute Gasteiger partial charge is 0.495 e. The molecule has 28 heavy (non-hydrogen) atoms. The van der Waals surface area contributed by atoms with Crippen molar-refractivity contribution in [3.63, 3.8) is 0 Å². The Hall–Kier alpha value is -3.11. The molecule has 4 nitrogen and oxygen atoms in total. The molecule has 0 aliphatic carbocycles. The zero-order chi connectivity index (χ0) is 19.9. The van der Waals surface area contributed by atoms with Crippen LogP contribution in [0.5, 0.6) is 5.75 Å². The summed E-state index contributed by atoms with van der Waals surface area (Å²) in [5.74, 6) is 0.536. The first-order valence-corrected chi connectivity index (χ1v) is 9.36. The lowest BCUT2D eigenvalue weighted by atomic mass is 9.98. The Labute approximate surface area is 166 Å². The molecule has 0 bridgehead atoms. The maximum atomic E-state index is 12.6. The maximum absolute atomic E-state index is 12.6. The molecule has 0 aliphatic heterocycles. The Bertz CT molecular complexity index is 921. The zero-order valence-electron chi connectivity index (χ0n) is 16.5. The van der Waals surface area contributed by atoms with Gasteiger partial charge in [-0.3, -0.25) is 10.1 Å². The second-order valence-corrected chi connectivity index (χ2v) is 6.89. The van der Waals surface area contributed by atoms with E-state index in [-0.39, 0.29) is 18.5 Å². The van der Waals surface area contributed by atoms with Gasteiger partial charge in [0.2, 0.25) is 5.91 Å². The van der Waals surface area contributed by atoms with Crippen molar-refractivity contribution < 1.29 is 9.53 Å². The number of anilines is 1. The number of nitrogens with one attached hydrogen (secondary N) is 2. The SMILES string of the molecule is COc1ccc(C)cc1NC(=O)CN[C@@H](c1ccccc1)c1ccc(C)cc1. The highest BCUT2D eigenvalue weighted by molar-refractivity contribution is 5.93. The second-order valence-electron chi connectivity index (χ2n) is 6.89. The van der Waals surface area contributed by atoms with Crippen LogP contribution in [0.2, 0.25) is 0 Å². The van der Waals surface area contributed by atoms with Crippen LogP contribution in [0.4, 0.5) is 5.69 Å². The average molecular weight is 374 g/mol. The molecule has 1 amide bonds. The van der Waals surface area contributed by atoms with Gasteiger partial charge in [-0.15, -0.1) is 0 Å². The van der Waals surface area contributed by atoms with Crippen LogP contribution in [0.1, 0.15) is 28.3 Å². The van der Waals surface area contributed by atoms with Crippen LogP contribution in [0.15, 0.2) is 72.8 Å². The summed E-state index contributed by atoms with van der Waals surface area (Å²) >= 11 is 0. The molecule has 144 valence electrons. The Balaban J connectivity index is 1.74. The lowest BCUT2D eigenvalue weighted by Gasteiger charge is -2.20. The number of methoxy groups -OCH3 is 1. The van der Waals surface area contributed by atoms with Crippen molar-refractivity contribution in [2.24, 2.45) is 0 Å². The molecule has 2 N–H and O–H groups in total. The highest BCUT2D eigenvalue weighted by atomic mass is 16.5. The van der Waals surface area contributed by atoms with Crippen LogP contribution in [0.3, 0.4) is 0 Å². The third-order valence-corrected chi connectivity index (χ3v) is 4.64. The quantitative estimate of drug-likeness (QED) is 0.634. The average Bonchev–Trinajstić information content (AvgIpc) is 2.70. The molecule has 0 aliphatic rings. The van der Waals surface area contributed by atoms with Crippen molar-refractivity contribution in [2.45, 2.75) is 19.9 Å². The molecule has 0 saturated carbocycles. The maximum Gasteiger partial charge on any atom is 0.238 e. The lowest BCUT2D eigenvalue weighted by molar-refractivity contribution is -0.115. The number of amides is 1. The van der Waals surface area contributed by atoms with Crippen molar-refractivity contribution >= 4 is 11.6 Å². The minimum absolute atomic E-state index is 0.0630. The molecule has 4 heteroatoms. The monoisotopic (exact) mass is 374 g/mol. The minimum Gasteiger partial charge on any atom is -0.495 e. The third-order valence-electron chi connectivity index (χ3n) is 4.64. The lowest BCUT2D eigenvalue weighted by Crippen LogP contribution is -2.32. The predicted octanol–water partition coefficient (Wildman–Crippen LogP) is 4.63. The van der Waals surface area contributed by atoms with E-state index < -0.39 is 0 Å². The fourth-order valence-corrected chi connectivity index (χ4v) is 3.14. The summed E-state index contributed by atoms with van der Waals surface area (Å²) in [7, 11) is 1.60. The first-order valence-electron chi connectivity index (χ1n) is 9.36. The van der Waals surface area contributed by atoms with Crippen molar-refractivity contribution in [1.82, 2.24) is 5.32 Å². The number of carbonyl (C=O) groups excluding carboxylic acids is 1. The number of ether oxygens (including phenoxy) is 1. The van der Waals surface area contributed by atoms with Gasteiger partial charge in [0.25, 0.3) is 0 Å². The number of rotatable bonds is 7. The number of benzene rings is 3. The number of hydrogen-bond acceptors (Lipinski definition) is 3. The molecule has 0 saturated heterocycles. The molecule has 3 aromatic carbocycles. The van der Waals surface area contributed by atoms with E-state index in [1.165, 1.54) is 5.56 Å². The van der Waals surface area contributed by atoms with Gasteiger partial charge in [-0.05, 0) is 42.7 Å². The molecule has 0 radical (unpaired) electrons. The number of carbonyl (C=O) groups is 1. The van der Waals surface area contributed by atoms with Gasteiger partial charge in [0.15, 0.2) is 0 Å². The summed E-state index contributed by atoms with van der Waals surface area (Å²) in [4.78, 5) is 12.6. The Morgan fingerprint density at radius 1 is 0.893 bits per heavy atom. The second kappa shape index (κ2) is 9.20. The minimum atomic E-state index is -0.114. The molecule has 0 unspecified atom stereocenters. The van der Waals surface area contributed by atoms with Crippen LogP contribution in [-0.4, -0.2) is 19.6 Å². The van der Waals surface area contributed by atoms with Gasteiger partial charge in [-0.2, -0.15) is 0 Å². The van der Waals surface area contributed by atoms with Gasteiger partial charge in [0.05, 0.1) is 25.4 Å². The van der Waals surface area contributed by atoms with E-state index >= 15 is 0 Å². The third kappa shape index (κ3) is 4.99. The fraction of sp³-hybridized carbons (Fsp3) is 0.208. The van der Waals surface area contributed by atoms with Crippen molar-refractivity contribution in [3.8, 4) is 5.75 Å². The highest BCUT2D eigenvalue weighted by Crippen LogP contribution is 2.25. The molecule has 0 aromatic heterocycles. The zero-order valence-corrected chi connectivity index (χ0v) is 16.5. The van der Waals surface area contributed by atoms with Crippen LogP contribution in [0, 0.1) is 13.8 Å². The Morgan fingerprint density at radius 3 is 2.21 bits per heavy atom. The summed E-state index contributed by atoms with van der Waals surface area (Å²) in [6, 6.07) is 24.2. The normalized spacial score (nSPS) is 11.7. The highest BCUT2D eigenvalue weighted by Gasteiger charge is 2.15. The number of aryl methyl sites for hydroxylation is 2. The first kappa shape index (κ1) is 19.6. The van der Waals surface area contributed by atoms with E-state index in [9.17, 15) is 4.79 Å². The molecule has 0 heterocycles. The smallest absolute Gasteiger partial charge is 0.238 e. The van der Waals surface area contributed by atoms with Crippen LogP contribution >= 0.6 is 0 Å². The first-order chi connectivity index (χ1) is 13.6. The van der Waals surface area contributed by atoms with E-state index in [1.54, 1.807) is 7.11 Å². The Kier molecular flexibility index (Phi) is 6.45. The van der Waals surface area contributed by atoms with Gasteiger partial charge in [-0.1, -0.05) is 66.2 Å². The van der Waals surface area contributed by atoms with Gasteiger partial charge >= 0.3 is 0 Å². The number of hydrogen-bond donors (Lipinski definition) is 2. The molecule has 3 rings (SSSR count). The van der Waals surface area contributed by atoms with Gasteiger partial charge in [0.1, 0.15) is 5.75 Å². The van der Waals surface area contributed by atoms with Gasteiger partial charge in [-0.25, -0.2) is 0 Å². The molecule has 1 atom stereocenters. The fourth-order valence-electron chi connectivity index (χ4n) is 3.14.